The highest BCUT2D eigenvalue weighted by atomic mass is 16.6. The van der Waals surface area contributed by atoms with Crippen molar-refractivity contribution in [2.24, 2.45) is 10.2 Å². The van der Waals surface area contributed by atoms with Crippen LogP contribution in [0.2, 0.25) is 0 Å². The Balaban J connectivity index is 1.90. The van der Waals surface area contributed by atoms with Crippen LogP contribution in [0.3, 0.4) is 0 Å². The van der Waals surface area contributed by atoms with Gasteiger partial charge >= 0.3 is 5.97 Å². The van der Waals surface area contributed by atoms with Crippen molar-refractivity contribution in [3.8, 4) is 5.75 Å². The summed E-state index contributed by atoms with van der Waals surface area (Å²) >= 11 is 0. The summed E-state index contributed by atoms with van der Waals surface area (Å²) in [7, 11) is 0. The number of ether oxygens (including phenoxy) is 2. The zero-order chi connectivity index (χ0) is 14.9. The van der Waals surface area contributed by atoms with Crippen LogP contribution in [0.1, 0.15) is 6.92 Å². The average Bonchev–Trinajstić information content (AvgIpc) is 2.53. The maximum atomic E-state index is 11.2. The molecule has 0 heterocycles. The molecule has 2 aromatic rings. The molecular formula is C16H16N2O3. The van der Waals surface area contributed by atoms with E-state index < -0.39 is 0 Å². The Labute approximate surface area is 123 Å². The summed E-state index contributed by atoms with van der Waals surface area (Å²) in [6, 6.07) is 16.5. The molecule has 108 valence electrons. The zero-order valence-electron chi connectivity index (χ0n) is 11.7. The summed E-state index contributed by atoms with van der Waals surface area (Å²) in [5.74, 6) is 0.201. The first-order valence-corrected chi connectivity index (χ1v) is 6.63. The number of esters is 1. The van der Waals surface area contributed by atoms with E-state index in [9.17, 15) is 4.79 Å². The molecule has 0 unspecified atom stereocenters. The van der Waals surface area contributed by atoms with Gasteiger partial charge < -0.3 is 9.47 Å². The van der Waals surface area contributed by atoms with Crippen LogP contribution >= 0.6 is 0 Å². The molecule has 0 bridgehead atoms. The smallest absolute Gasteiger partial charge is 0.344 e. The molecule has 0 aliphatic heterocycles. The highest BCUT2D eigenvalue weighted by Gasteiger charge is 2.02. The second-order valence-electron chi connectivity index (χ2n) is 4.12. The van der Waals surface area contributed by atoms with Gasteiger partial charge in [-0.05, 0) is 43.3 Å². The van der Waals surface area contributed by atoms with Gasteiger partial charge in [0.2, 0.25) is 0 Å². The Bertz CT molecular complexity index is 595. The first-order valence-electron chi connectivity index (χ1n) is 6.63. The van der Waals surface area contributed by atoms with Crippen LogP contribution in [0.15, 0.2) is 64.8 Å². The van der Waals surface area contributed by atoms with Gasteiger partial charge in [0, 0.05) is 0 Å². The van der Waals surface area contributed by atoms with E-state index >= 15 is 0 Å². The van der Waals surface area contributed by atoms with Crippen LogP contribution < -0.4 is 4.74 Å². The second-order valence-corrected chi connectivity index (χ2v) is 4.12. The Hall–Kier alpha value is -2.69. The van der Waals surface area contributed by atoms with Crippen LogP contribution in [0.5, 0.6) is 5.75 Å². The topological polar surface area (TPSA) is 60.2 Å². The predicted molar refractivity (Wildman–Crippen MR) is 79.2 cm³/mol. The van der Waals surface area contributed by atoms with Gasteiger partial charge in [0.25, 0.3) is 0 Å². The summed E-state index contributed by atoms with van der Waals surface area (Å²) in [5, 5.41) is 8.23. The van der Waals surface area contributed by atoms with Gasteiger partial charge in [0.1, 0.15) is 5.75 Å². The van der Waals surface area contributed by atoms with Crippen LogP contribution in [0.4, 0.5) is 11.4 Å². The van der Waals surface area contributed by atoms with Crippen molar-refractivity contribution >= 4 is 17.3 Å². The van der Waals surface area contributed by atoms with Crippen molar-refractivity contribution in [2.75, 3.05) is 13.2 Å². The lowest BCUT2D eigenvalue weighted by Crippen LogP contribution is -2.14. The third-order valence-electron chi connectivity index (χ3n) is 2.54. The van der Waals surface area contributed by atoms with Crippen molar-refractivity contribution in [3.63, 3.8) is 0 Å². The number of benzene rings is 2. The molecule has 0 amide bonds. The summed E-state index contributed by atoms with van der Waals surface area (Å²) in [4.78, 5) is 11.2. The fourth-order valence-corrected chi connectivity index (χ4v) is 1.56. The average molecular weight is 284 g/mol. The van der Waals surface area contributed by atoms with Crippen LogP contribution in [0.25, 0.3) is 0 Å². The Morgan fingerprint density at radius 2 is 1.57 bits per heavy atom. The molecule has 0 saturated heterocycles. The van der Waals surface area contributed by atoms with Gasteiger partial charge in [0.05, 0.1) is 18.0 Å². The van der Waals surface area contributed by atoms with Gasteiger partial charge in [-0.3, -0.25) is 0 Å². The number of azo groups is 1. The minimum Gasteiger partial charge on any atom is -0.482 e. The van der Waals surface area contributed by atoms with Crippen molar-refractivity contribution < 1.29 is 14.3 Å². The van der Waals surface area contributed by atoms with E-state index in [0.29, 0.717) is 18.0 Å². The second kappa shape index (κ2) is 7.79. The first kappa shape index (κ1) is 14.7. The number of rotatable bonds is 6. The van der Waals surface area contributed by atoms with Crippen LogP contribution in [-0.2, 0) is 9.53 Å². The highest BCUT2D eigenvalue weighted by Crippen LogP contribution is 2.21. The lowest BCUT2D eigenvalue weighted by atomic mass is 10.3. The summed E-state index contributed by atoms with van der Waals surface area (Å²) in [6.45, 7) is 2.00. The molecule has 5 nitrogen and oxygen atoms in total. The molecule has 0 N–H and O–H groups in total. The van der Waals surface area contributed by atoms with Crippen LogP contribution in [0, 0.1) is 0 Å². The summed E-state index contributed by atoms with van der Waals surface area (Å²) < 4.78 is 10.1. The molecule has 0 atom stereocenters. The molecule has 0 saturated carbocycles. The van der Waals surface area contributed by atoms with Gasteiger partial charge in [-0.1, -0.05) is 18.2 Å². The molecule has 0 spiro atoms. The van der Waals surface area contributed by atoms with E-state index in [4.69, 9.17) is 9.47 Å². The van der Waals surface area contributed by atoms with Crippen molar-refractivity contribution in [1.29, 1.82) is 0 Å². The fourth-order valence-electron chi connectivity index (χ4n) is 1.56. The third kappa shape index (κ3) is 5.06. The molecule has 2 rings (SSSR count). The minimum atomic E-state index is -0.384. The van der Waals surface area contributed by atoms with Gasteiger partial charge in [0.15, 0.2) is 6.61 Å². The molecule has 0 radical (unpaired) electrons. The van der Waals surface area contributed by atoms with Crippen molar-refractivity contribution in [3.05, 3.63) is 54.6 Å². The molecule has 21 heavy (non-hydrogen) atoms. The molecule has 0 aliphatic rings. The quantitative estimate of drug-likeness (QED) is 0.594. The highest BCUT2D eigenvalue weighted by molar-refractivity contribution is 5.71. The molecular weight excluding hydrogens is 268 g/mol. The first-order chi connectivity index (χ1) is 10.3. The fraction of sp³-hybridized carbons (Fsp3) is 0.188. The largest absolute Gasteiger partial charge is 0.482 e. The van der Waals surface area contributed by atoms with Gasteiger partial charge in [-0.15, -0.1) is 0 Å². The molecule has 5 heteroatoms. The normalized spacial score (nSPS) is 10.5. The molecule has 0 fully saturated rings. The summed E-state index contributed by atoms with van der Waals surface area (Å²) in [6.07, 6.45) is 0. The third-order valence-corrected chi connectivity index (χ3v) is 2.54. The van der Waals surface area contributed by atoms with Crippen molar-refractivity contribution in [2.45, 2.75) is 6.92 Å². The monoisotopic (exact) mass is 284 g/mol. The van der Waals surface area contributed by atoms with E-state index in [1.54, 1.807) is 31.2 Å². The number of carbonyl (C=O) groups excluding carboxylic acids is 1. The number of nitrogens with zero attached hydrogens (tertiary/aromatic N) is 2. The molecule has 2 aromatic carbocycles. The van der Waals surface area contributed by atoms with E-state index in [1.165, 1.54) is 0 Å². The zero-order valence-corrected chi connectivity index (χ0v) is 11.7. The lowest BCUT2D eigenvalue weighted by Gasteiger charge is -2.05. The standard InChI is InChI=1S/C16H16N2O3/c1-2-20-16(19)12-21-15-10-8-14(9-11-15)18-17-13-6-4-3-5-7-13/h3-11H,2,12H2,1H3. The van der Waals surface area contributed by atoms with Gasteiger partial charge in [-0.25, -0.2) is 4.79 Å². The number of carbonyl (C=O) groups is 1. The van der Waals surface area contributed by atoms with Crippen LogP contribution in [-0.4, -0.2) is 19.2 Å². The van der Waals surface area contributed by atoms with E-state index in [0.717, 1.165) is 5.69 Å². The molecule has 0 aliphatic carbocycles. The Kier molecular flexibility index (Phi) is 5.46. The SMILES string of the molecule is CCOC(=O)COc1ccc(N=Nc2ccccc2)cc1. The lowest BCUT2D eigenvalue weighted by molar-refractivity contribution is -0.145. The Morgan fingerprint density at radius 3 is 2.19 bits per heavy atom. The summed E-state index contributed by atoms with van der Waals surface area (Å²) in [5.41, 5.74) is 1.50. The van der Waals surface area contributed by atoms with E-state index in [1.807, 2.05) is 30.3 Å². The van der Waals surface area contributed by atoms with Crippen molar-refractivity contribution in [1.82, 2.24) is 0 Å². The number of hydrogen-bond acceptors (Lipinski definition) is 5. The Morgan fingerprint density at radius 1 is 0.952 bits per heavy atom. The molecule has 0 aromatic heterocycles. The minimum absolute atomic E-state index is 0.0985. The maximum Gasteiger partial charge on any atom is 0.344 e. The van der Waals surface area contributed by atoms with E-state index in [2.05, 4.69) is 10.2 Å². The number of hydrogen-bond donors (Lipinski definition) is 0. The maximum absolute atomic E-state index is 11.2. The predicted octanol–water partition coefficient (Wildman–Crippen LogP) is 4.04. The van der Waals surface area contributed by atoms with E-state index in [-0.39, 0.29) is 12.6 Å². The van der Waals surface area contributed by atoms with Gasteiger partial charge in [-0.2, -0.15) is 10.2 Å².